The molecule has 6 heteroatoms. The molecule has 1 fully saturated rings. The Morgan fingerprint density at radius 3 is 2.47 bits per heavy atom. The summed E-state index contributed by atoms with van der Waals surface area (Å²) in [5.74, 6) is -0.904. The van der Waals surface area contributed by atoms with E-state index in [9.17, 15) is 14.7 Å². The number of ether oxygens (including phenoxy) is 2. The van der Waals surface area contributed by atoms with Crippen LogP contribution in [0.25, 0.3) is 11.0 Å². The standard InChI is InChI=1S/C24H30O6/c1-13-16-7-9-24(27)22(4,5)12-20(29-14(2)25)21(30-15(3)26)23(24,6)18(16)11-19-17(13)8-10-28-19/h8,10-11,20-21,27H,7,9,12H2,1-6H3/t20?,21?,23-,24+/m0/s1. The maximum absolute atomic E-state index is 12.2. The summed E-state index contributed by atoms with van der Waals surface area (Å²) in [7, 11) is 0. The highest BCUT2D eigenvalue weighted by atomic mass is 16.6. The predicted molar refractivity (Wildman–Crippen MR) is 111 cm³/mol. The third-order valence-electron chi connectivity index (χ3n) is 7.66. The van der Waals surface area contributed by atoms with Gasteiger partial charge in [0.1, 0.15) is 11.7 Å². The number of carbonyl (C=O) groups is 2. The van der Waals surface area contributed by atoms with E-state index < -0.39 is 40.6 Å². The molecule has 1 saturated carbocycles. The summed E-state index contributed by atoms with van der Waals surface area (Å²) in [5.41, 5.74) is 1.12. The lowest BCUT2D eigenvalue weighted by molar-refractivity contribution is -0.243. The molecule has 2 aromatic rings. The molecule has 0 bridgehead atoms. The number of aliphatic hydroxyl groups is 1. The number of hydrogen-bond donors (Lipinski definition) is 1. The van der Waals surface area contributed by atoms with Gasteiger partial charge >= 0.3 is 11.9 Å². The SMILES string of the molecule is CC(=O)OC1CC(C)(C)[C@]2(O)CCc3c(cc4occc4c3C)[C@@]2(C)C1OC(C)=O. The van der Waals surface area contributed by atoms with Crippen LogP contribution < -0.4 is 0 Å². The third-order valence-corrected chi connectivity index (χ3v) is 7.66. The van der Waals surface area contributed by atoms with E-state index in [1.807, 2.05) is 32.9 Å². The van der Waals surface area contributed by atoms with Crippen molar-refractivity contribution < 1.29 is 28.6 Å². The molecule has 0 saturated heterocycles. The predicted octanol–water partition coefficient (Wildman–Crippen LogP) is 3.97. The minimum Gasteiger partial charge on any atom is -0.464 e. The van der Waals surface area contributed by atoms with Crippen molar-refractivity contribution in [3.05, 3.63) is 35.1 Å². The zero-order valence-corrected chi connectivity index (χ0v) is 18.5. The Labute approximate surface area is 176 Å². The average molecular weight is 414 g/mol. The number of furan rings is 1. The van der Waals surface area contributed by atoms with Crippen LogP contribution in [0.1, 0.15) is 64.2 Å². The Kier molecular flexibility index (Phi) is 4.59. The molecule has 1 aromatic carbocycles. The van der Waals surface area contributed by atoms with Gasteiger partial charge in [-0.2, -0.15) is 0 Å². The van der Waals surface area contributed by atoms with E-state index in [0.717, 1.165) is 27.7 Å². The molecule has 4 rings (SSSR count). The van der Waals surface area contributed by atoms with Gasteiger partial charge in [-0.25, -0.2) is 0 Å². The second kappa shape index (κ2) is 6.58. The normalized spacial score (nSPS) is 32.2. The molecule has 0 amide bonds. The fraction of sp³-hybridized carbons (Fsp3) is 0.583. The first-order valence-electron chi connectivity index (χ1n) is 10.5. The molecule has 162 valence electrons. The number of benzene rings is 1. The Bertz CT molecular complexity index is 1030. The van der Waals surface area contributed by atoms with Gasteiger partial charge in [0.2, 0.25) is 0 Å². The third kappa shape index (κ3) is 2.66. The maximum Gasteiger partial charge on any atom is 0.303 e. The number of aryl methyl sites for hydroxylation is 1. The fourth-order valence-corrected chi connectivity index (χ4v) is 6.17. The van der Waals surface area contributed by atoms with Gasteiger partial charge < -0.3 is 19.0 Å². The zero-order chi connectivity index (χ0) is 22.1. The van der Waals surface area contributed by atoms with Crippen LogP contribution in [0, 0.1) is 12.3 Å². The Hall–Kier alpha value is -2.34. The molecular formula is C24H30O6. The molecule has 1 aromatic heterocycles. The lowest BCUT2D eigenvalue weighted by Crippen LogP contribution is -2.73. The van der Waals surface area contributed by atoms with Crippen LogP contribution in [-0.2, 0) is 30.9 Å². The van der Waals surface area contributed by atoms with Gasteiger partial charge in [0, 0.05) is 19.2 Å². The van der Waals surface area contributed by atoms with E-state index in [1.54, 1.807) is 6.26 Å². The highest BCUT2D eigenvalue weighted by Gasteiger charge is 2.69. The highest BCUT2D eigenvalue weighted by Crippen LogP contribution is 2.61. The molecule has 6 nitrogen and oxygen atoms in total. The van der Waals surface area contributed by atoms with Gasteiger partial charge in [-0.15, -0.1) is 0 Å². The fourth-order valence-electron chi connectivity index (χ4n) is 6.17. The molecule has 2 unspecified atom stereocenters. The quantitative estimate of drug-likeness (QED) is 0.749. The largest absolute Gasteiger partial charge is 0.464 e. The molecule has 2 aliphatic carbocycles. The van der Waals surface area contributed by atoms with Crippen molar-refractivity contribution in [1.82, 2.24) is 0 Å². The van der Waals surface area contributed by atoms with E-state index in [1.165, 1.54) is 13.8 Å². The Balaban J connectivity index is 2.02. The van der Waals surface area contributed by atoms with Crippen LogP contribution >= 0.6 is 0 Å². The smallest absolute Gasteiger partial charge is 0.303 e. The highest BCUT2D eigenvalue weighted by molar-refractivity contribution is 5.84. The Morgan fingerprint density at radius 1 is 1.17 bits per heavy atom. The summed E-state index contributed by atoms with van der Waals surface area (Å²) in [5, 5.41) is 13.3. The second-order valence-electron chi connectivity index (χ2n) is 9.69. The van der Waals surface area contributed by atoms with Crippen LogP contribution in [0.5, 0.6) is 0 Å². The van der Waals surface area contributed by atoms with Crippen LogP contribution in [0.4, 0.5) is 0 Å². The van der Waals surface area contributed by atoms with Crippen molar-refractivity contribution in [2.75, 3.05) is 0 Å². The second-order valence-corrected chi connectivity index (χ2v) is 9.69. The van der Waals surface area contributed by atoms with Crippen molar-refractivity contribution in [1.29, 1.82) is 0 Å². The zero-order valence-electron chi connectivity index (χ0n) is 18.5. The minimum atomic E-state index is -1.17. The number of rotatable bonds is 2. The maximum atomic E-state index is 12.2. The molecule has 4 atom stereocenters. The summed E-state index contributed by atoms with van der Waals surface area (Å²) in [6.45, 7) is 10.7. The van der Waals surface area contributed by atoms with Gasteiger partial charge in [-0.3, -0.25) is 9.59 Å². The number of carbonyl (C=O) groups excluding carboxylic acids is 2. The van der Waals surface area contributed by atoms with Crippen molar-refractivity contribution in [3.63, 3.8) is 0 Å². The molecule has 30 heavy (non-hydrogen) atoms. The summed E-state index contributed by atoms with van der Waals surface area (Å²) in [6, 6.07) is 3.91. The summed E-state index contributed by atoms with van der Waals surface area (Å²) in [4.78, 5) is 24.0. The molecule has 0 aliphatic heterocycles. The van der Waals surface area contributed by atoms with Crippen molar-refractivity contribution in [3.8, 4) is 0 Å². The van der Waals surface area contributed by atoms with Crippen LogP contribution in [0.3, 0.4) is 0 Å². The van der Waals surface area contributed by atoms with E-state index in [4.69, 9.17) is 13.9 Å². The summed E-state index contributed by atoms with van der Waals surface area (Å²) < 4.78 is 17.2. The molecule has 1 N–H and O–H groups in total. The lowest BCUT2D eigenvalue weighted by atomic mass is 9.45. The minimum absolute atomic E-state index is 0.397. The van der Waals surface area contributed by atoms with Crippen molar-refractivity contribution >= 4 is 22.9 Å². The number of fused-ring (bicyclic) bond motifs is 4. The molecule has 0 spiro atoms. The van der Waals surface area contributed by atoms with E-state index >= 15 is 0 Å². The van der Waals surface area contributed by atoms with Gasteiger partial charge in [0.05, 0.1) is 17.3 Å². The topological polar surface area (TPSA) is 86.0 Å². The van der Waals surface area contributed by atoms with Gasteiger partial charge in [-0.1, -0.05) is 13.8 Å². The van der Waals surface area contributed by atoms with Gasteiger partial charge in [0.25, 0.3) is 0 Å². The first-order valence-corrected chi connectivity index (χ1v) is 10.5. The molecule has 1 heterocycles. The molecular weight excluding hydrogens is 384 g/mol. The molecule has 0 radical (unpaired) electrons. The van der Waals surface area contributed by atoms with Crippen LogP contribution in [0.15, 0.2) is 22.8 Å². The van der Waals surface area contributed by atoms with Crippen LogP contribution in [0.2, 0.25) is 0 Å². The van der Waals surface area contributed by atoms with E-state index in [0.29, 0.717) is 19.3 Å². The summed E-state index contributed by atoms with van der Waals surface area (Å²) >= 11 is 0. The van der Waals surface area contributed by atoms with Gasteiger partial charge in [0.15, 0.2) is 6.10 Å². The summed E-state index contributed by atoms with van der Waals surface area (Å²) in [6.07, 6.45) is 1.82. The van der Waals surface area contributed by atoms with Gasteiger partial charge in [-0.05, 0) is 67.3 Å². The van der Waals surface area contributed by atoms with Crippen LogP contribution in [-0.4, -0.2) is 34.9 Å². The first kappa shape index (κ1) is 20.9. The number of esters is 2. The molecule has 2 aliphatic rings. The number of hydrogen-bond acceptors (Lipinski definition) is 6. The van der Waals surface area contributed by atoms with E-state index in [-0.39, 0.29) is 0 Å². The van der Waals surface area contributed by atoms with Crippen molar-refractivity contribution in [2.45, 2.75) is 84.0 Å². The van der Waals surface area contributed by atoms with Crippen molar-refractivity contribution in [2.24, 2.45) is 5.41 Å². The van der Waals surface area contributed by atoms with E-state index in [2.05, 4.69) is 6.92 Å². The Morgan fingerprint density at radius 2 is 1.83 bits per heavy atom. The lowest BCUT2D eigenvalue weighted by Gasteiger charge is -2.63. The monoisotopic (exact) mass is 414 g/mol. The first-order chi connectivity index (χ1) is 13.9. The average Bonchev–Trinajstić information content (AvgIpc) is 3.10.